The summed E-state index contributed by atoms with van der Waals surface area (Å²) in [6.07, 6.45) is 0.673. The van der Waals surface area contributed by atoms with Gasteiger partial charge >= 0.3 is 0 Å². The SMILES string of the molecule is Cc1ccc(CCC(=O)NCC(O)CN(C)C)cc1. The average Bonchev–Trinajstić information content (AvgIpc) is 2.35. The summed E-state index contributed by atoms with van der Waals surface area (Å²) >= 11 is 0. The van der Waals surface area contributed by atoms with Gasteiger partial charge in [0.1, 0.15) is 0 Å². The molecule has 0 saturated heterocycles. The van der Waals surface area contributed by atoms with E-state index >= 15 is 0 Å². The van der Waals surface area contributed by atoms with E-state index in [-0.39, 0.29) is 5.91 Å². The van der Waals surface area contributed by atoms with Gasteiger partial charge in [0.2, 0.25) is 5.91 Å². The number of hydrogen-bond acceptors (Lipinski definition) is 3. The molecule has 4 nitrogen and oxygen atoms in total. The second-order valence-electron chi connectivity index (χ2n) is 5.21. The summed E-state index contributed by atoms with van der Waals surface area (Å²) in [6.45, 7) is 2.91. The molecule has 0 radical (unpaired) electrons. The molecule has 1 aromatic rings. The number of aryl methyl sites for hydroxylation is 2. The Morgan fingerprint density at radius 2 is 1.95 bits per heavy atom. The number of likely N-dealkylation sites (N-methyl/N-ethyl adjacent to an activating group) is 1. The molecule has 0 spiro atoms. The van der Waals surface area contributed by atoms with E-state index in [2.05, 4.69) is 5.32 Å². The van der Waals surface area contributed by atoms with Crippen molar-refractivity contribution in [1.82, 2.24) is 10.2 Å². The van der Waals surface area contributed by atoms with Gasteiger partial charge in [-0.1, -0.05) is 29.8 Å². The van der Waals surface area contributed by atoms with Crippen molar-refractivity contribution in [2.75, 3.05) is 27.2 Å². The fraction of sp³-hybridized carbons (Fsp3) is 0.533. The topological polar surface area (TPSA) is 52.6 Å². The van der Waals surface area contributed by atoms with Crippen LogP contribution in [0.2, 0.25) is 0 Å². The number of aliphatic hydroxyl groups is 1. The highest BCUT2D eigenvalue weighted by Gasteiger charge is 2.08. The van der Waals surface area contributed by atoms with Crippen molar-refractivity contribution in [1.29, 1.82) is 0 Å². The highest BCUT2D eigenvalue weighted by Crippen LogP contribution is 2.05. The molecule has 0 aliphatic carbocycles. The predicted molar refractivity (Wildman–Crippen MR) is 77.1 cm³/mol. The number of aliphatic hydroxyl groups excluding tert-OH is 1. The minimum absolute atomic E-state index is 0.0154. The van der Waals surface area contributed by atoms with Crippen LogP contribution >= 0.6 is 0 Å². The third-order valence-corrected chi connectivity index (χ3v) is 2.87. The van der Waals surface area contributed by atoms with Crippen LogP contribution < -0.4 is 5.32 Å². The molecule has 0 aliphatic rings. The van der Waals surface area contributed by atoms with Crippen LogP contribution in [0.15, 0.2) is 24.3 Å². The second-order valence-corrected chi connectivity index (χ2v) is 5.21. The smallest absolute Gasteiger partial charge is 0.220 e. The third kappa shape index (κ3) is 6.94. The lowest BCUT2D eigenvalue weighted by Crippen LogP contribution is -2.37. The van der Waals surface area contributed by atoms with Gasteiger partial charge in [0.25, 0.3) is 0 Å². The summed E-state index contributed by atoms with van der Waals surface area (Å²) in [4.78, 5) is 13.5. The molecule has 1 amide bonds. The first kappa shape index (κ1) is 15.7. The fourth-order valence-electron chi connectivity index (χ4n) is 1.82. The molecule has 4 heteroatoms. The van der Waals surface area contributed by atoms with E-state index in [1.807, 2.05) is 50.2 Å². The molecule has 0 bridgehead atoms. The number of nitrogens with zero attached hydrogens (tertiary/aromatic N) is 1. The van der Waals surface area contributed by atoms with E-state index in [9.17, 15) is 9.90 Å². The van der Waals surface area contributed by atoms with Gasteiger partial charge in [-0.25, -0.2) is 0 Å². The lowest BCUT2D eigenvalue weighted by Gasteiger charge is -2.16. The summed E-state index contributed by atoms with van der Waals surface area (Å²) in [7, 11) is 3.78. The first-order valence-corrected chi connectivity index (χ1v) is 6.62. The lowest BCUT2D eigenvalue weighted by atomic mass is 10.1. The van der Waals surface area contributed by atoms with E-state index in [0.717, 1.165) is 12.0 Å². The molecule has 0 fully saturated rings. The van der Waals surface area contributed by atoms with Crippen LogP contribution in [0.1, 0.15) is 17.5 Å². The molecular formula is C15H24N2O2. The number of hydrogen-bond donors (Lipinski definition) is 2. The number of rotatable bonds is 7. The van der Waals surface area contributed by atoms with Crippen molar-refractivity contribution in [2.24, 2.45) is 0 Å². The first-order valence-electron chi connectivity index (χ1n) is 6.62. The monoisotopic (exact) mass is 264 g/mol. The zero-order chi connectivity index (χ0) is 14.3. The highest BCUT2D eigenvalue weighted by atomic mass is 16.3. The van der Waals surface area contributed by atoms with Gasteiger partial charge in [0.15, 0.2) is 0 Å². The Hall–Kier alpha value is -1.39. The van der Waals surface area contributed by atoms with Gasteiger partial charge in [-0.05, 0) is 33.0 Å². The number of amides is 1. The summed E-state index contributed by atoms with van der Waals surface area (Å²) in [5, 5.41) is 12.4. The molecule has 1 aromatic carbocycles. The lowest BCUT2D eigenvalue weighted by molar-refractivity contribution is -0.121. The minimum Gasteiger partial charge on any atom is -0.390 e. The third-order valence-electron chi connectivity index (χ3n) is 2.87. The fourth-order valence-corrected chi connectivity index (χ4v) is 1.82. The standard InChI is InChI=1S/C15H24N2O2/c1-12-4-6-13(7-5-12)8-9-15(19)16-10-14(18)11-17(2)3/h4-7,14,18H,8-11H2,1-3H3,(H,16,19). The molecule has 0 aromatic heterocycles. The number of carbonyl (C=O) groups is 1. The van der Waals surface area contributed by atoms with E-state index in [1.165, 1.54) is 5.56 Å². The van der Waals surface area contributed by atoms with Gasteiger partial charge in [0.05, 0.1) is 6.10 Å². The normalized spacial score (nSPS) is 12.5. The molecule has 2 N–H and O–H groups in total. The number of benzene rings is 1. The zero-order valence-electron chi connectivity index (χ0n) is 12.0. The first-order chi connectivity index (χ1) is 8.97. The Morgan fingerprint density at radius 3 is 2.53 bits per heavy atom. The molecule has 0 aliphatic heterocycles. The number of nitrogens with one attached hydrogen (secondary N) is 1. The van der Waals surface area contributed by atoms with Crippen LogP contribution in [0.5, 0.6) is 0 Å². The molecular weight excluding hydrogens is 240 g/mol. The Kier molecular flexibility index (Phi) is 6.53. The van der Waals surface area contributed by atoms with E-state index in [4.69, 9.17) is 0 Å². The highest BCUT2D eigenvalue weighted by molar-refractivity contribution is 5.76. The quantitative estimate of drug-likeness (QED) is 0.771. The van der Waals surface area contributed by atoms with Crippen LogP contribution in [-0.4, -0.2) is 49.2 Å². The van der Waals surface area contributed by atoms with Gasteiger partial charge in [0, 0.05) is 19.5 Å². The van der Waals surface area contributed by atoms with Crippen LogP contribution in [0.25, 0.3) is 0 Å². The summed E-state index contributed by atoms with van der Waals surface area (Å²) in [5.74, 6) is -0.0154. The second kappa shape index (κ2) is 7.92. The average molecular weight is 264 g/mol. The molecule has 1 atom stereocenters. The van der Waals surface area contributed by atoms with E-state index in [1.54, 1.807) is 0 Å². The maximum atomic E-state index is 11.6. The summed E-state index contributed by atoms with van der Waals surface area (Å²) in [6, 6.07) is 8.19. The van der Waals surface area contributed by atoms with Gasteiger partial charge in [-0.2, -0.15) is 0 Å². The van der Waals surface area contributed by atoms with Crippen molar-refractivity contribution >= 4 is 5.91 Å². The maximum absolute atomic E-state index is 11.6. The Bertz CT molecular complexity index is 388. The summed E-state index contributed by atoms with van der Waals surface area (Å²) < 4.78 is 0. The molecule has 19 heavy (non-hydrogen) atoms. The Morgan fingerprint density at radius 1 is 1.32 bits per heavy atom. The van der Waals surface area contributed by atoms with Gasteiger partial charge in [-0.15, -0.1) is 0 Å². The van der Waals surface area contributed by atoms with Crippen molar-refractivity contribution in [3.8, 4) is 0 Å². The van der Waals surface area contributed by atoms with Crippen LogP contribution in [0, 0.1) is 6.92 Å². The minimum atomic E-state index is -0.515. The maximum Gasteiger partial charge on any atom is 0.220 e. The molecule has 0 heterocycles. The zero-order valence-corrected chi connectivity index (χ0v) is 12.0. The van der Waals surface area contributed by atoms with E-state index in [0.29, 0.717) is 19.5 Å². The number of carbonyl (C=O) groups excluding carboxylic acids is 1. The summed E-state index contributed by atoms with van der Waals surface area (Å²) in [5.41, 5.74) is 2.38. The van der Waals surface area contributed by atoms with Crippen molar-refractivity contribution in [3.63, 3.8) is 0 Å². The predicted octanol–water partition coefficient (Wildman–Crippen LogP) is 0.966. The van der Waals surface area contributed by atoms with Gasteiger partial charge in [-0.3, -0.25) is 4.79 Å². The largest absolute Gasteiger partial charge is 0.390 e. The Labute approximate surface area is 115 Å². The Balaban J connectivity index is 2.22. The van der Waals surface area contributed by atoms with E-state index < -0.39 is 6.10 Å². The van der Waals surface area contributed by atoms with Gasteiger partial charge < -0.3 is 15.3 Å². The van der Waals surface area contributed by atoms with Crippen molar-refractivity contribution < 1.29 is 9.90 Å². The molecule has 106 valence electrons. The van der Waals surface area contributed by atoms with Crippen LogP contribution in [-0.2, 0) is 11.2 Å². The van der Waals surface area contributed by atoms with Crippen LogP contribution in [0.4, 0.5) is 0 Å². The van der Waals surface area contributed by atoms with Crippen molar-refractivity contribution in [2.45, 2.75) is 25.9 Å². The van der Waals surface area contributed by atoms with Crippen molar-refractivity contribution in [3.05, 3.63) is 35.4 Å². The van der Waals surface area contributed by atoms with Crippen LogP contribution in [0.3, 0.4) is 0 Å². The molecule has 1 unspecified atom stereocenters. The molecule has 1 rings (SSSR count). The molecule has 0 saturated carbocycles.